The number of nitrogens with zero attached hydrogens (tertiary/aromatic N) is 4. The Balaban J connectivity index is 1.21. The number of rotatable bonds is 6. The molecule has 1 fully saturated rings. The lowest BCUT2D eigenvalue weighted by atomic mass is 10.2. The van der Waals surface area contributed by atoms with Crippen molar-refractivity contribution in [2.45, 2.75) is 13.1 Å². The maximum atomic E-state index is 12.2. The molecule has 3 heterocycles. The van der Waals surface area contributed by atoms with Gasteiger partial charge in [0.1, 0.15) is 5.65 Å². The first-order valence-electron chi connectivity index (χ1n) is 9.54. The lowest BCUT2D eigenvalue weighted by molar-refractivity contribution is -0.122. The molecule has 0 spiro atoms. The topological polar surface area (TPSA) is 52.9 Å². The molecule has 4 rings (SSSR count). The number of halogens is 1. The van der Waals surface area contributed by atoms with Crippen LogP contribution in [0.2, 0.25) is 5.02 Å². The molecule has 2 aromatic heterocycles. The maximum absolute atomic E-state index is 12.2. The molecule has 0 atom stereocenters. The lowest BCUT2D eigenvalue weighted by Crippen LogP contribution is -2.49. The van der Waals surface area contributed by atoms with E-state index in [1.54, 1.807) is 0 Å². The van der Waals surface area contributed by atoms with E-state index in [9.17, 15) is 4.79 Å². The number of carbonyl (C=O) groups excluding carboxylic acids is 1. The molecule has 7 heteroatoms. The van der Waals surface area contributed by atoms with Gasteiger partial charge in [-0.1, -0.05) is 29.8 Å². The summed E-state index contributed by atoms with van der Waals surface area (Å²) in [5.41, 5.74) is 3.07. The van der Waals surface area contributed by atoms with Gasteiger partial charge in [0.05, 0.1) is 12.2 Å². The zero-order valence-corrected chi connectivity index (χ0v) is 16.5. The van der Waals surface area contributed by atoms with Crippen molar-refractivity contribution in [1.29, 1.82) is 0 Å². The van der Waals surface area contributed by atoms with Gasteiger partial charge in [-0.15, -0.1) is 0 Å². The molecule has 1 N–H and O–H groups in total. The number of benzene rings is 1. The highest BCUT2D eigenvalue weighted by Gasteiger charge is 2.19. The predicted octanol–water partition coefficient (Wildman–Crippen LogP) is 2.42. The molecule has 1 saturated heterocycles. The molecule has 3 aromatic rings. The number of imidazole rings is 1. The molecule has 0 bridgehead atoms. The van der Waals surface area contributed by atoms with Crippen molar-refractivity contribution in [3.8, 4) is 0 Å². The van der Waals surface area contributed by atoms with Crippen molar-refractivity contribution in [3.05, 3.63) is 71.1 Å². The number of piperazine rings is 1. The number of fused-ring (bicyclic) bond motifs is 1. The number of carbonyl (C=O) groups is 1. The van der Waals surface area contributed by atoms with Gasteiger partial charge in [-0.05, 0) is 29.8 Å². The third kappa shape index (κ3) is 4.90. The Labute approximate surface area is 169 Å². The molecular formula is C21H24ClN5O. The maximum Gasteiger partial charge on any atom is 0.234 e. The molecule has 1 amide bonds. The van der Waals surface area contributed by atoms with Crippen LogP contribution in [-0.4, -0.2) is 57.8 Å². The fourth-order valence-electron chi connectivity index (χ4n) is 3.50. The van der Waals surface area contributed by atoms with Crippen molar-refractivity contribution < 1.29 is 4.79 Å². The van der Waals surface area contributed by atoms with Crippen LogP contribution in [0.1, 0.15) is 11.3 Å². The number of pyridine rings is 1. The Morgan fingerprint density at radius 3 is 2.68 bits per heavy atom. The van der Waals surface area contributed by atoms with Gasteiger partial charge in [0, 0.05) is 56.7 Å². The summed E-state index contributed by atoms with van der Waals surface area (Å²) >= 11 is 5.98. The number of amides is 1. The Hall–Kier alpha value is -2.41. The fourth-order valence-corrected chi connectivity index (χ4v) is 3.72. The molecule has 28 heavy (non-hydrogen) atoms. The van der Waals surface area contributed by atoms with E-state index in [4.69, 9.17) is 11.6 Å². The quantitative estimate of drug-likeness (QED) is 0.694. The number of aromatic nitrogens is 2. The first kappa shape index (κ1) is 18.9. The van der Waals surface area contributed by atoms with Crippen LogP contribution in [0.15, 0.2) is 54.9 Å². The van der Waals surface area contributed by atoms with E-state index >= 15 is 0 Å². The van der Waals surface area contributed by atoms with Crippen LogP contribution < -0.4 is 5.32 Å². The summed E-state index contributed by atoms with van der Waals surface area (Å²) in [6.07, 6.45) is 4.11. The van der Waals surface area contributed by atoms with Gasteiger partial charge < -0.3 is 9.72 Å². The van der Waals surface area contributed by atoms with Gasteiger partial charge in [-0.3, -0.25) is 14.6 Å². The molecule has 0 radical (unpaired) electrons. The van der Waals surface area contributed by atoms with Gasteiger partial charge in [0.25, 0.3) is 0 Å². The summed E-state index contributed by atoms with van der Waals surface area (Å²) in [4.78, 5) is 21.5. The summed E-state index contributed by atoms with van der Waals surface area (Å²) in [5.74, 6) is 0.0498. The lowest BCUT2D eigenvalue weighted by Gasteiger charge is -2.33. The molecule has 146 valence electrons. The van der Waals surface area contributed by atoms with Crippen molar-refractivity contribution in [1.82, 2.24) is 24.5 Å². The Morgan fingerprint density at radius 2 is 1.89 bits per heavy atom. The van der Waals surface area contributed by atoms with Crippen LogP contribution in [0.3, 0.4) is 0 Å². The second kappa shape index (κ2) is 8.73. The molecule has 0 unspecified atom stereocenters. The van der Waals surface area contributed by atoms with Crippen LogP contribution in [0.4, 0.5) is 0 Å². The standard InChI is InChI=1S/C21H24ClN5O/c22-18-5-3-4-17(12-18)13-23-21(28)16-26-10-8-25(9-11-26)14-19-15-27-7-2-1-6-20(27)24-19/h1-7,12,15H,8-11,13-14,16H2,(H,23,28). The van der Waals surface area contributed by atoms with E-state index < -0.39 is 0 Å². The molecule has 6 nitrogen and oxygen atoms in total. The predicted molar refractivity (Wildman–Crippen MR) is 110 cm³/mol. The second-order valence-corrected chi connectivity index (χ2v) is 7.59. The monoisotopic (exact) mass is 397 g/mol. The molecule has 1 aromatic carbocycles. The zero-order valence-electron chi connectivity index (χ0n) is 15.7. The smallest absolute Gasteiger partial charge is 0.234 e. The Kier molecular flexibility index (Phi) is 5.90. The largest absolute Gasteiger partial charge is 0.351 e. The molecule has 0 aliphatic carbocycles. The molecule has 1 aliphatic heterocycles. The summed E-state index contributed by atoms with van der Waals surface area (Å²) < 4.78 is 2.05. The van der Waals surface area contributed by atoms with Gasteiger partial charge in [-0.2, -0.15) is 0 Å². The van der Waals surface area contributed by atoms with Crippen molar-refractivity contribution in [3.63, 3.8) is 0 Å². The number of hydrogen-bond donors (Lipinski definition) is 1. The van der Waals surface area contributed by atoms with Gasteiger partial charge in [0.15, 0.2) is 0 Å². The van der Waals surface area contributed by atoms with Gasteiger partial charge in [-0.25, -0.2) is 4.98 Å². The van der Waals surface area contributed by atoms with Crippen LogP contribution in [0.5, 0.6) is 0 Å². The van der Waals surface area contributed by atoms with E-state index in [1.807, 2.05) is 48.7 Å². The SMILES string of the molecule is O=C(CN1CCN(Cc2cn3ccccc3n2)CC1)NCc1cccc(Cl)c1. The first-order valence-corrected chi connectivity index (χ1v) is 9.92. The normalized spacial score (nSPS) is 15.8. The third-order valence-electron chi connectivity index (χ3n) is 5.01. The van der Waals surface area contributed by atoms with E-state index in [0.29, 0.717) is 18.1 Å². The minimum atomic E-state index is 0.0498. The molecule has 1 aliphatic rings. The molecular weight excluding hydrogens is 374 g/mol. The second-order valence-electron chi connectivity index (χ2n) is 7.16. The van der Waals surface area contributed by atoms with Crippen LogP contribution >= 0.6 is 11.6 Å². The first-order chi connectivity index (χ1) is 13.7. The van der Waals surface area contributed by atoms with Crippen molar-refractivity contribution in [2.75, 3.05) is 32.7 Å². The summed E-state index contributed by atoms with van der Waals surface area (Å²) in [7, 11) is 0. The highest BCUT2D eigenvalue weighted by atomic mass is 35.5. The minimum absolute atomic E-state index is 0.0498. The van der Waals surface area contributed by atoms with Gasteiger partial charge >= 0.3 is 0 Å². The van der Waals surface area contributed by atoms with Crippen LogP contribution in [0, 0.1) is 0 Å². The highest BCUT2D eigenvalue weighted by Crippen LogP contribution is 2.11. The number of nitrogens with one attached hydrogen (secondary N) is 1. The average Bonchev–Trinajstić information content (AvgIpc) is 3.10. The Bertz CT molecular complexity index is 916. The van der Waals surface area contributed by atoms with Gasteiger partial charge in [0.2, 0.25) is 5.91 Å². The minimum Gasteiger partial charge on any atom is -0.351 e. The Morgan fingerprint density at radius 1 is 1.07 bits per heavy atom. The third-order valence-corrected chi connectivity index (χ3v) is 5.25. The number of hydrogen-bond acceptors (Lipinski definition) is 4. The summed E-state index contributed by atoms with van der Waals surface area (Å²) in [6.45, 7) is 5.44. The van der Waals surface area contributed by atoms with E-state index in [0.717, 1.165) is 49.6 Å². The van der Waals surface area contributed by atoms with E-state index in [1.165, 1.54) is 0 Å². The van der Waals surface area contributed by atoms with Crippen LogP contribution in [0.25, 0.3) is 5.65 Å². The zero-order chi connectivity index (χ0) is 19.3. The van der Waals surface area contributed by atoms with E-state index in [2.05, 4.69) is 30.7 Å². The van der Waals surface area contributed by atoms with Crippen molar-refractivity contribution >= 4 is 23.2 Å². The fraction of sp³-hybridized carbons (Fsp3) is 0.333. The van der Waals surface area contributed by atoms with Crippen molar-refractivity contribution in [2.24, 2.45) is 0 Å². The molecule has 0 saturated carbocycles. The average molecular weight is 398 g/mol. The highest BCUT2D eigenvalue weighted by molar-refractivity contribution is 6.30. The summed E-state index contributed by atoms with van der Waals surface area (Å²) in [6, 6.07) is 13.6. The van der Waals surface area contributed by atoms with Crippen LogP contribution in [-0.2, 0) is 17.9 Å². The van der Waals surface area contributed by atoms with E-state index in [-0.39, 0.29) is 5.91 Å². The summed E-state index contributed by atoms with van der Waals surface area (Å²) in [5, 5.41) is 3.66.